The first-order valence-electron chi connectivity index (χ1n) is 11.7. The van der Waals surface area contributed by atoms with E-state index in [1.165, 1.54) is 21.0 Å². The summed E-state index contributed by atoms with van der Waals surface area (Å²) in [5.74, 6) is -0.118. The Bertz CT molecular complexity index is 744. The molecule has 7 nitrogen and oxygen atoms in total. The lowest BCUT2D eigenvalue weighted by Crippen LogP contribution is -2.49. The highest BCUT2D eigenvalue weighted by Crippen LogP contribution is 2.42. The van der Waals surface area contributed by atoms with Crippen LogP contribution in [0, 0.1) is 5.41 Å². The number of carbonyl (C=O) groups excluding carboxylic acids is 2. The lowest BCUT2D eigenvalue weighted by atomic mass is 9.68. The highest BCUT2D eigenvalue weighted by molar-refractivity contribution is 5.66. The second-order valence-corrected chi connectivity index (χ2v) is 8.86. The van der Waals surface area contributed by atoms with Crippen molar-refractivity contribution in [2.24, 2.45) is 5.41 Å². The number of esters is 2. The number of piperidine rings is 1. The van der Waals surface area contributed by atoms with Crippen LogP contribution < -0.4 is 10.1 Å². The summed E-state index contributed by atoms with van der Waals surface area (Å²) in [5, 5.41) is 13.4. The molecular weight excluding hydrogens is 410 g/mol. The molecule has 0 amide bonds. The summed E-state index contributed by atoms with van der Waals surface area (Å²) in [5.41, 5.74) is 0.705. The van der Waals surface area contributed by atoms with E-state index in [1.54, 1.807) is 6.07 Å². The van der Waals surface area contributed by atoms with Crippen molar-refractivity contribution in [3.8, 4) is 11.5 Å². The van der Waals surface area contributed by atoms with Gasteiger partial charge in [-0.25, -0.2) is 0 Å². The number of carbonyl (C=O) groups is 2. The van der Waals surface area contributed by atoms with Gasteiger partial charge < -0.3 is 24.6 Å². The van der Waals surface area contributed by atoms with E-state index < -0.39 is 0 Å². The van der Waals surface area contributed by atoms with Crippen molar-refractivity contribution in [3.63, 3.8) is 0 Å². The number of unbranched alkanes of at least 4 members (excludes halogenated alkanes) is 2. The number of methoxy groups -OCH3 is 1. The third-order valence-corrected chi connectivity index (χ3v) is 6.33. The number of benzene rings is 1. The van der Waals surface area contributed by atoms with Crippen LogP contribution in [0.5, 0.6) is 11.5 Å². The number of nitrogens with one attached hydrogen (secondary N) is 1. The standard InChI is InChI=1S/C25H39NO6/c1-5-6-7-8-21(31-18(2)27)16-24(32-19(3)28)25(11-13-26-14-12-25)17-20-9-10-22(29)23(15-20)30-4/h9-10,15,21,24,26,29H,5-8,11-14,16-17H2,1-4H3. The molecule has 32 heavy (non-hydrogen) atoms. The maximum atomic E-state index is 12.1. The van der Waals surface area contributed by atoms with Crippen LogP contribution in [0.25, 0.3) is 0 Å². The zero-order valence-electron chi connectivity index (χ0n) is 19.9. The number of rotatable bonds is 12. The van der Waals surface area contributed by atoms with Gasteiger partial charge in [-0.15, -0.1) is 0 Å². The predicted octanol–water partition coefficient (Wildman–Crippen LogP) is 4.15. The molecule has 0 aliphatic carbocycles. The van der Waals surface area contributed by atoms with Crippen LogP contribution in [0.2, 0.25) is 0 Å². The van der Waals surface area contributed by atoms with Crippen molar-refractivity contribution < 1.29 is 28.9 Å². The monoisotopic (exact) mass is 449 g/mol. The number of phenolic OH excluding ortho intramolecular Hbond substituents is 1. The van der Waals surface area contributed by atoms with E-state index in [1.807, 2.05) is 12.1 Å². The van der Waals surface area contributed by atoms with Crippen LogP contribution in [0.4, 0.5) is 0 Å². The molecule has 0 spiro atoms. The molecule has 2 atom stereocenters. The van der Waals surface area contributed by atoms with Crippen LogP contribution in [0.1, 0.15) is 71.3 Å². The van der Waals surface area contributed by atoms with Gasteiger partial charge in [0.05, 0.1) is 7.11 Å². The van der Waals surface area contributed by atoms with Gasteiger partial charge in [0, 0.05) is 25.7 Å². The van der Waals surface area contributed by atoms with E-state index in [0.717, 1.165) is 57.2 Å². The molecule has 1 fully saturated rings. The number of ether oxygens (including phenoxy) is 3. The maximum absolute atomic E-state index is 12.1. The minimum Gasteiger partial charge on any atom is -0.504 e. The normalized spacial score (nSPS) is 17.2. The molecule has 1 aliphatic rings. The fraction of sp³-hybridized carbons (Fsp3) is 0.680. The number of hydrogen-bond acceptors (Lipinski definition) is 7. The van der Waals surface area contributed by atoms with Crippen LogP contribution in [0.15, 0.2) is 18.2 Å². The minimum absolute atomic E-state index is 0.0954. The van der Waals surface area contributed by atoms with Gasteiger partial charge in [-0.1, -0.05) is 25.8 Å². The van der Waals surface area contributed by atoms with Crippen LogP contribution in [-0.4, -0.2) is 49.5 Å². The summed E-state index contributed by atoms with van der Waals surface area (Å²) < 4.78 is 16.9. The number of aromatic hydroxyl groups is 1. The van der Waals surface area contributed by atoms with Crippen molar-refractivity contribution in [3.05, 3.63) is 23.8 Å². The zero-order valence-corrected chi connectivity index (χ0v) is 19.9. The summed E-state index contributed by atoms with van der Waals surface area (Å²) >= 11 is 0. The Kier molecular flexibility index (Phi) is 10.3. The molecule has 0 aromatic heterocycles. The molecule has 1 aliphatic heterocycles. The van der Waals surface area contributed by atoms with Crippen molar-refractivity contribution in [2.45, 2.75) is 84.3 Å². The number of phenols is 1. The maximum Gasteiger partial charge on any atom is 0.302 e. The van der Waals surface area contributed by atoms with Crippen LogP contribution in [-0.2, 0) is 25.5 Å². The molecule has 0 radical (unpaired) electrons. The van der Waals surface area contributed by atoms with Gasteiger partial charge in [0.25, 0.3) is 0 Å². The third kappa shape index (κ3) is 7.69. The molecule has 7 heteroatoms. The van der Waals surface area contributed by atoms with Crippen molar-refractivity contribution >= 4 is 11.9 Å². The van der Waals surface area contributed by atoms with Gasteiger partial charge in [0.15, 0.2) is 11.5 Å². The summed E-state index contributed by atoms with van der Waals surface area (Å²) in [4.78, 5) is 23.9. The van der Waals surface area contributed by atoms with Gasteiger partial charge >= 0.3 is 11.9 Å². The van der Waals surface area contributed by atoms with E-state index in [2.05, 4.69) is 12.2 Å². The first-order chi connectivity index (χ1) is 15.3. The Balaban J connectivity index is 2.33. The zero-order chi connectivity index (χ0) is 23.6. The lowest BCUT2D eigenvalue weighted by molar-refractivity contribution is -0.162. The van der Waals surface area contributed by atoms with Gasteiger partial charge in [-0.3, -0.25) is 9.59 Å². The molecule has 1 aromatic rings. The van der Waals surface area contributed by atoms with Gasteiger partial charge in [0.1, 0.15) is 12.2 Å². The summed E-state index contributed by atoms with van der Waals surface area (Å²) in [6.45, 7) is 6.64. The smallest absolute Gasteiger partial charge is 0.302 e. The van der Waals surface area contributed by atoms with Gasteiger partial charge in [-0.2, -0.15) is 0 Å². The Hall–Kier alpha value is -2.28. The SMILES string of the molecule is CCCCCC(CC(OC(C)=O)C1(Cc2ccc(O)c(OC)c2)CCNCC1)OC(C)=O. The Labute approximate surface area is 191 Å². The molecule has 180 valence electrons. The van der Waals surface area contributed by atoms with Crippen molar-refractivity contribution in [1.29, 1.82) is 0 Å². The largest absolute Gasteiger partial charge is 0.504 e. The van der Waals surface area contributed by atoms with Crippen molar-refractivity contribution in [2.75, 3.05) is 20.2 Å². The summed E-state index contributed by atoms with van der Waals surface area (Å²) in [6.07, 6.45) is 6.01. The van der Waals surface area contributed by atoms with E-state index in [4.69, 9.17) is 14.2 Å². The first kappa shape index (κ1) is 26.0. The van der Waals surface area contributed by atoms with Crippen LogP contribution in [0.3, 0.4) is 0 Å². The summed E-state index contributed by atoms with van der Waals surface area (Å²) in [7, 11) is 1.53. The molecule has 1 heterocycles. The lowest BCUT2D eigenvalue weighted by Gasteiger charge is -2.44. The second-order valence-electron chi connectivity index (χ2n) is 8.86. The molecule has 2 rings (SSSR count). The Morgan fingerprint density at radius 2 is 1.81 bits per heavy atom. The Morgan fingerprint density at radius 3 is 2.41 bits per heavy atom. The fourth-order valence-electron chi connectivity index (χ4n) is 4.72. The highest BCUT2D eigenvalue weighted by atomic mass is 16.6. The van der Waals surface area contributed by atoms with Gasteiger partial charge in [-0.05, 0) is 62.9 Å². The highest BCUT2D eigenvalue weighted by Gasteiger charge is 2.43. The van der Waals surface area contributed by atoms with E-state index >= 15 is 0 Å². The quantitative estimate of drug-likeness (QED) is 0.366. The summed E-state index contributed by atoms with van der Waals surface area (Å²) in [6, 6.07) is 5.36. The Morgan fingerprint density at radius 1 is 1.12 bits per heavy atom. The molecule has 1 saturated heterocycles. The first-order valence-corrected chi connectivity index (χ1v) is 11.7. The molecule has 2 N–H and O–H groups in total. The van der Waals surface area contributed by atoms with Gasteiger partial charge in [0.2, 0.25) is 0 Å². The minimum atomic E-state index is -0.382. The number of hydrogen-bond donors (Lipinski definition) is 2. The average Bonchev–Trinajstić information content (AvgIpc) is 2.74. The topological polar surface area (TPSA) is 94.1 Å². The predicted molar refractivity (Wildman–Crippen MR) is 123 cm³/mol. The van der Waals surface area contributed by atoms with E-state index in [-0.39, 0.29) is 35.3 Å². The van der Waals surface area contributed by atoms with E-state index in [0.29, 0.717) is 18.6 Å². The third-order valence-electron chi connectivity index (χ3n) is 6.33. The fourth-order valence-corrected chi connectivity index (χ4v) is 4.72. The van der Waals surface area contributed by atoms with Crippen molar-refractivity contribution in [1.82, 2.24) is 5.32 Å². The van der Waals surface area contributed by atoms with Crippen LogP contribution >= 0.6 is 0 Å². The van der Waals surface area contributed by atoms with E-state index in [9.17, 15) is 14.7 Å². The second kappa shape index (κ2) is 12.7. The molecule has 1 aromatic carbocycles. The average molecular weight is 450 g/mol. The molecule has 2 unspecified atom stereocenters. The molecular formula is C25H39NO6. The molecule has 0 bridgehead atoms. The molecule has 0 saturated carbocycles.